The lowest BCUT2D eigenvalue weighted by molar-refractivity contribution is -0.139. The molecule has 0 saturated carbocycles. The smallest absolute Gasteiger partial charge is 0.317 e. The minimum Gasteiger partial charge on any atom is -0.480 e. The van der Waals surface area contributed by atoms with Crippen LogP contribution in [-0.4, -0.2) is 38.1 Å². The summed E-state index contributed by atoms with van der Waals surface area (Å²) in [6, 6.07) is 8.03. The highest BCUT2D eigenvalue weighted by Crippen LogP contribution is 2.24. The number of aliphatic carboxylic acids is 1. The van der Waals surface area contributed by atoms with Crippen molar-refractivity contribution < 1.29 is 9.90 Å². The summed E-state index contributed by atoms with van der Waals surface area (Å²) in [5, 5.41) is 9.07. The Morgan fingerprint density at radius 2 is 2.00 bits per heavy atom. The molecule has 0 saturated heterocycles. The molecule has 1 heterocycles. The Bertz CT molecular complexity index is 619. The first-order valence-electron chi connectivity index (χ1n) is 6.80. The lowest BCUT2D eigenvalue weighted by atomic mass is 10.2. The van der Waals surface area contributed by atoms with Gasteiger partial charge in [0.1, 0.15) is 5.82 Å². The molecule has 1 unspecified atom stereocenters. The van der Waals surface area contributed by atoms with Crippen LogP contribution in [0, 0.1) is 0 Å². The van der Waals surface area contributed by atoms with Crippen LogP contribution >= 0.6 is 0 Å². The molecule has 1 atom stereocenters. The van der Waals surface area contributed by atoms with Crippen LogP contribution in [0.2, 0.25) is 0 Å². The Morgan fingerprint density at radius 3 is 2.55 bits per heavy atom. The van der Waals surface area contributed by atoms with Gasteiger partial charge in [0.05, 0.1) is 23.6 Å². The molecule has 0 aliphatic carbocycles. The second-order valence-electron chi connectivity index (χ2n) is 5.35. The molecule has 1 aromatic heterocycles. The number of carbonyl (C=O) groups is 1. The zero-order chi connectivity index (χ0) is 14.9. The molecule has 2 aromatic rings. The lowest BCUT2D eigenvalue weighted by Crippen LogP contribution is -2.38. The quantitative estimate of drug-likeness (QED) is 0.910. The lowest BCUT2D eigenvalue weighted by Gasteiger charge is -2.30. The Balaban J connectivity index is 2.40. The van der Waals surface area contributed by atoms with E-state index in [-0.39, 0.29) is 18.6 Å². The number of hydrogen-bond donors (Lipinski definition) is 1. The SMILES string of the molecule is CC(C)N(CC(=O)O)C(C)c1nc2ccccc2n1C. The molecule has 1 aromatic carbocycles. The van der Waals surface area contributed by atoms with Crippen molar-refractivity contribution in [3.05, 3.63) is 30.1 Å². The highest BCUT2D eigenvalue weighted by atomic mass is 16.4. The van der Waals surface area contributed by atoms with E-state index in [0.717, 1.165) is 16.9 Å². The largest absolute Gasteiger partial charge is 0.480 e. The highest BCUT2D eigenvalue weighted by molar-refractivity contribution is 5.76. The van der Waals surface area contributed by atoms with Crippen LogP contribution in [-0.2, 0) is 11.8 Å². The van der Waals surface area contributed by atoms with Crippen LogP contribution in [0.5, 0.6) is 0 Å². The standard InChI is InChI=1S/C15H21N3O2/c1-10(2)18(9-14(19)20)11(3)15-16-12-7-5-6-8-13(12)17(15)4/h5-8,10-11H,9H2,1-4H3,(H,19,20). The van der Waals surface area contributed by atoms with Gasteiger partial charge in [0.15, 0.2) is 0 Å². The number of carboxylic acids is 1. The molecular weight excluding hydrogens is 254 g/mol. The van der Waals surface area contributed by atoms with Crippen LogP contribution in [0.15, 0.2) is 24.3 Å². The number of rotatable bonds is 5. The second kappa shape index (κ2) is 5.63. The minimum atomic E-state index is -0.815. The van der Waals surface area contributed by atoms with Gasteiger partial charge < -0.3 is 9.67 Å². The molecule has 0 spiro atoms. The third kappa shape index (κ3) is 2.67. The number of para-hydroxylation sites is 2. The first-order chi connectivity index (χ1) is 9.41. The van der Waals surface area contributed by atoms with Gasteiger partial charge in [-0.2, -0.15) is 0 Å². The van der Waals surface area contributed by atoms with E-state index in [1.807, 2.05) is 61.6 Å². The van der Waals surface area contributed by atoms with Crippen molar-refractivity contribution in [1.29, 1.82) is 0 Å². The molecule has 0 fully saturated rings. The first kappa shape index (κ1) is 14.5. The van der Waals surface area contributed by atoms with Crippen molar-refractivity contribution in [3.63, 3.8) is 0 Å². The maximum atomic E-state index is 11.0. The first-order valence-corrected chi connectivity index (χ1v) is 6.80. The van der Waals surface area contributed by atoms with Gasteiger partial charge in [0.2, 0.25) is 0 Å². The van der Waals surface area contributed by atoms with E-state index in [1.165, 1.54) is 0 Å². The Kier molecular flexibility index (Phi) is 4.09. The van der Waals surface area contributed by atoms with Crippen LogP contribution in [0.4, 0.5) is 0 Å². The number of benzene rings is 1. The van der Waals surface area contributed by atoms with E-state index >= 15 is 0 Å². The molecule has 108 valence electrons. The molecule has 0 bridgehead atoms. The number of fused-ring (bicyclic) bond motifs is 1. The zero-order valence-electron chi connectivity index (χ0n) is 12.4. The summed E-state index contributed by atoms with van der Waals surface area (Å²) >= 11 is 0. The summed E-state index contributed by atoms with van der Waals surface area (Å²) < 4.78 is 2.04. The molecule has 20 heavy (non-hydrogen) atoms. The van der Waals surface area contributed by atoms with E-state index in [0.29, 0.717) is 0 Å². The van der Waals surface area contributed by atoms with E-state index in [2.05, 4.69) is 4.98 Å². The Hall–Kier alpha value is -1.88. The third-order valence-electron chi connectivity index (χ3n) is 3.67. The topological polar surface area (TPSA) is 58.4 Å². The molecule has 5 heteroatoms. The van der Waals surface area contributed by atoms with Crippen molar-refractivity contribution in [2.75, 3.05) is 6.54 Å². The normalized spacial score (nSPS) is 13.3. The number of imidazole rings is 1. The molecule has 0 amide bonds. The van der Waals surface area contributed by atoms with Gasteiger partial charge in [-0.3, -0.25) is 9.69 Å². The van der Waals surface area contributed by atoms with Crippen molar-refractivity contribution >= 4 is 17.0 Å². The molecule has 5 nitrogen and oxygen atoms in total. The van der Waals surface area contributed by atoms with Gasteiger partial charge in [-0.1, -0.05) is 12.1 Å². The Morgan fingerprint density at radius 1 is 1.35 bits per heavy atom. The summed E-state index contributed by atoms with van der Waals surface area (Å²) in [7, 11) is 1.97. The summed E-state index contributed by atoms with van der Waals surface area (Å²) in [5.74, 6) is 0.0745. The average molecular weight is 275 g/mol. The zero-order valence-corrected chi connectivity index (χ0v) is 12.4. The predicted molar refractivity (Wildman–Crippen MR) is 78.6 cm³/mol. The molecule has 0 aliphatic heterocycles. The molecule has 1 N–H and O–H groups in total. The second-order valence-corrected chi connectivity index (χ2v) is 5.35. The fourth-order valence-electron chi connectivity index (χ4n) is 2.61. The van der Waals surface area contributed by atoms with Gasteiger partial charge in [0, 0.05) is 13.1 Å². The summed E-state index contributed by atoms with van der Waals surface area (Å²) in [4.78, 5) is 17.6. The maximum absolute atomic E-state index is 11.0. The van der Waals surface area contributed by atoms with Gasteiger partial charge in [-0.05, 0) is 32.9 Å². The number of carboxylic acid groups (broad SMARTS) is 1. The Labute approximate surface area is 118 Å². The number of hydrogen-bond acceptors (Lipinski definition) is 3. The van der Waals surface area contributed by atoms with Crippen LogP contribution in [0.3, 0.4) is 0 Å². The van der Waals surface area contributed by atoms with Crippen molar-refractivity contribution in [3.8, 4) is 0 Å². The fourth-order valence-corrected chi connectivity index (χ4v) is 2.61. The molecule has 0 aliphatic rings. The van der Waals surface area contributed by atoms with E-state index in [1.54, 1.807) is 0 Å². The summed E-state index contributed by atoms with van der Waals surface area (Å²) in [6.45, 7) is 6.02. The van der Waals surface area contributed by atoms with Gasteiger partial charge in [-0.25, -0.2) is 4.98 Å². The van der Waals surface area contributed by atoms with Gasteiger partial charge >= 0.3 is 5.97 Å². The molecular formula is C15H21N3O2. The summed E-state index contributed by atoms with van der Waals surface area (Å²) in [6.07, 6.45) is 0. The van der Waals surface area contributed by atoms with Crippen molar-refractivity contribution in [2.24, 2.45) is 7.05 Å². The van der Waals surface area contributed by atoms with E-state index < -0.39 is 5.97 Å². The predicted octanol–water partition coefficient (Wildman–Crippen LogP) is 2.43. The third-order valence-corrected chi connectivity index (χ3v) is 3.67. The average Bonchev–Trinajstić information content (AvgIpc) is 2.73. The van der Waals surface area contributed by atoms with Crippen LogP contribution < -0.4 is 0 Å². The minimum absolute atomic E-state index is 0.0159. The number of aryl methyl sites for hydroxylation is 1. The monoisotopic (exact) mass is 275 g/mol. The van der Waals surface area contributed by atoms with Gasteiger partial charge in [-0.15, -0.1) is 0 Å². The van der Waals surface area contributed by atoms with Crippen molar-refractivity contribution in [1.82, 2.24) is 14.5 Å². The summed E-state index contributed by atoms with van der Waals surface area (Å²) in [5.41, 5.74) is 2.00. The molecule has 0 radical (unpaired) electrons. The van der Waals surface area contributed by atoms with Crippen molar-refractivity contribution in [2.45, 2.75) is 32.9 Å². The molecule has 2 rings (SSSR count). The van der Waals surface area contributed by atoms with Crippen LogP contribution in [0.1, 0.15) is 32.6 Å². The highest BCUT2D eigenvalue weighted by Gasteiger charge is 2.25. The van der Waals surface area contributed by atoms with E-state index in [9.17, 15) is 4.79 Å². The fraction of sp³-hybridized carbons (Fsp3) is 0.467. The van der Waals surface area contributed by atoms with E-state index in [4.69, 9.17) is 5.11 Å². The number of nitrogens with zero attached hydrogens (tertiary/aromatic N) is 3. The number of aromatic nitrogens is 2. The van der Waals surface area contributed by atoms with Gasteiger partial charge in [0.25, 0.3) is 0 Å². The van der Waals surface area contributed by atoms with Crippen LogP contribution in [0.25, 0.3) is 11.0 Å². The maximum Gasteiger partial charge on any atom is 0.317 e.